The predicted octanol–water partition coefficient (Wildman–Crippen LogP) is 4.18. The molecule has 0 bridgehead atoms. The van der Waals surface area contributed by atoms with Crippen molar-refractivity contribution < 1.29 is 14.7 Å². The number of aromatic carboxylic acids is 1. The van der Waals surface area contributed by atoms with Gasteiger partial charge in [0.15, 0.2) is 0 Å². The lowest BCUT2D eigenvalue weighted by Crippen LogP contribution is -2.28. The molecule has 8 nitrogen and oxygen atoms in total. The number of hydrogen-bond donors (Lipinski definition) is 2. The lowest BCUT2D eigenvalue weighted by Gasteiger charge is -2.16. The summed E-state index contributed by atoms with van der Waals surface area (Å²) in [7, 11) is 0. The Balaban J connectivity index is 1.64. The molecule has 10 heteroatoms. The first-order chi connectivity index (χ1) is 15.0. The van der Waals surface area contributed by atoms with Gasteiger partial charge >= 0.3 is 5.97 Å². The number of benzene rings is 2. The van der Waals surface area contributed by atoms with Crippen molar-refractivity contribution in [3.63, 3.8) is 0 Å². The van der Waals surface area contributed by atoms with Crippen LogP contribution in [0, 0.1) is 0 Å². The molecule has 0 aliphatic rings. The number of nitrogens with one attached hydrogen (secondary N) is 1. The molecule has 31 heavy (non-hydrogen) atoms. The van der Waals surface area contributed by atoms with E-state index in [4.69, 9.17) is 11.6 Å². The normalized spacial score (nSPS) is 11.8. The summed E-state index contributed by atoms with van der Waals surface area (Å²) in [4.78, 5) is 25.7. The van der Waals surface area contributed by atoms with E-state index in [9.17, 15) is 14.7 Å². The van der Waals surface area contributed by atoms with Gasteiger partial charge in [-0.25, -0.2) is 9.48 Å². The van der Waals surface area contributed by atoms with E-state index in [1.165, 1.54) is 22.3 Å². The Bertz CT molecular complexity index is 1190. The van der Waals surface area contributed by atoms with Crippen molar-refractivity contribution in [1.82, 2.24) is 20.2 Å². The molecule has 2 N–H and O–H groups in total. The Morgan fingerprint density at radius 2 is 1.87 bits per heavy atom. The lowest BCUT2D eigenvalue weighted by atomic mass is 10.0. The maximum atomic E-state index is 13.1. The van der Waals surface area contributed by atoms with Crippen LogP contribution >= 0.6 is 22.9 Å². The van der Waals surface area contributed by atoms with Crippen molar-refractivity contribution >= 4 is 40.5 Å². The molecule has 0 fully saturated rings. The van der Waals surface area contributed by atoms with E-state index in [0.29, 0.717) is 21.9 Å². The SMILES string of the molecule is O=C(O)c1c(NC(=O)C(Cc2ccccc2)n2cnnn2)csc1-c1ccc(Cl)cc1. The molecule has 0 aliphatic carbocycles. The number of rotatable bonds is 7. The average Bonchev–Trinajstić information content (AvgIpc) is 3.43. The molecule has 2 aromatic carbocycles. The number of amides is 1. The van der Waals surface area contributed by atoms with E-state index in [-0.39, 0.29) is 11.3 Å². The van der Waals surface area contributed by atoms with Crippen LogP contribution in [0.2, 0.25) is 5.02 Å². The van der Waals surface area contributed by atoms with Gasteiger partial charge in [-0.2, -0.15) is 0 Å². The maximum absolute atomic E-state index is 13.1. The van der Waals surface area contributed by atoms with Crippen molar-refractivity contribution in [1.29, 1.82) is 0 Å². The van der Waals surface area contributed by atoms with Crippen LogP contribution in [0.15, 0.2) is 66.3 Å². The van der Waals surface area contributed by atoms with E-state index in [2.05, 4.69) is 20.8 Å². The van der Waals surface area contributed by atoms with Gasteiger partial charge in [-0.3, -0.25) is 4.79 Å². The second kappa shape index (κ2) is 9.07. The molecule has 1 amide bonds. The minimum absolute atomic E-state index is 0.0239. The molecular formula is C21H16ClN5O3S. The summed E-state index contributed by atoms with van der Waals surface area (Å²) in [6.07, 6.45) is 1.70. The molecular weight excluding hydrogens is 438 g/mol. The summed E-state index contributed by atoms with van der Waals surface area (Å²) in [5.41, 5.74) is 1.87. The van der Waals surface area contributed by atoms with Gasteiger partial charge in [0.25, 0.3) is 0 Å². The predicted molar refractivity (Wildman–Crippen MR) is 117 cm³/mol. The third kappa shape index (κ3) is 4.62. The minimum atomic E-state index is -1.14. The van der Waals surface area contributed by atoms with E-state index in [0.717, 1.165) is 5.56 Å². The monoisotopic (exact) mass is 453 g/mol. The molecule has 1 atom stereocenters. The molecule has 4 rings (SSSR count). The number of aromatic nitrogens is 4. The first-order valence-electron chi connectivity index (χ1n) is 9.21. The Morgan fingerprint density at radius 1 is 1.13 bits per heavy atom. The van der Waals surface area contributed by atoms with Gasteiger partial charge in [0, 0.05) is 16.8 Å². The molecule has 156 valence electrons. The summed E-state index contributed by atoms with van der Waals surface area (Å²) in [6, 6.07) is 15.6. The van der Waals surface area contributed by atoms with Gasteiger partial charge in [0.1, 0.15) is 17.9 Å². The quantitative estimate of drug-likeness (QED) is 0.434. The largest absolute Gasteiger partial charge is 0.478 e. The number of hydrogen-bond acceptors (Lipinski definition) is 6. The van der Waals surface area contributed by atoms with Gasteiger partial charge in [-0.1, -0.05) is 54.1 Å². The number of thiophene rings is 1. The minimum Gasteiger partial charge on any atom is -0.478 e. The molecule has 0 saturated carbocycles. The first kappa shape index (κ1) is 20.7. The highest BCUT2D eigenvalue weighted by Gasteiger charge is 2.26. The highest BCUT2D eigenvalue weighted by Crippen LogP contribution is 2.37. The van der Waals surface area contributed by atoms with Crippen molar-refractivity contribution in [2.45, 2.75) is 12.5 Å². The van der Waals surface area contributed by atoms with E-state index in [1.54, 1.807) is 29.6 Å². The summed E-state index contributed by atoms with van der Waals surface area (Å²) >= 11 is 7.17. The fourth-order valence-electron chi connectivity index (χ4n) is 3.15. The van der Waals surface area contributed by atoms with Gasteiger partial charge in [-0.15, -0.1) is 16.4 Å². The molecule has 2 heterocycles. The summed E-state index contributed by atoms with van der Waals surface area (Å²) in [6.45, 7) is 0. The Hall–Kier alpha value is -3.56. The molecule has 0 spiro atoms. The zero-order valence-electron chi connectivity index (χ0n) is 16.0. The summed E-state index contributed by atoms with van der Waals surface area (Å²) in [5, 5.41) is 25.8. The van der Waals surface area contributed by atoms with Crippen LogP contribution in [-0.2, 0) is 11.2 Å². The van der Waals surface area contributed by atoms with Gasteiger partial charge in [0.05, 0.1) is 10.6 Å². The van der Waals surface area contributed by atoms with Crippen LogP contribution in [0.3, 0.4) is 0 Å². The van der Waals surface area contributed by atoms with Crippen LogP contribution in [0.25, 0.3) is 10.4 Å². The number of carboxylic acid groups (broad SMARTS) is 1. The van der Waals surface area contributed by atoms with Gasteiger partial charge in [-0.05, 0) is 33.7 Å². The van der Waals surface area contributed by atoms with Crippen molar-refractivity contribution in [3.8, 4) is 10.4 Å². The summed E-state index contributed by atoms with van der Waals surface area (Å²) < 4.78 is 1.36. The fourth-order valence-corrected chi connectivity index (χ4v) is 4.27. The van der Waals surface area contributed by atoms with Crippen molar-refractivity contribution in [2.24, 2.45) is 0 Å². The first-order valence-corrected chi connectivity index (χ1v) is 10.5. The Labute approximate surface area is 186 Å². The number of carbonyl (C=O) groups is 2. The van der Waals surface area contributed by atoms with Crippen molar-refractivity contribution in [2.75, 3.05) is 5.32 Å². The molecule has 2 aromatic heterocycles. The lowest BCUT2D eigenvalue weighted by molar-refractivity contribution is -0.119. The molecule has 0 radical (unpaired) electrons. The van der Waals surface area contributed by atoms with Crippen LogP contribution in [0.1, 0.15) is 22.0 Å². The number of tetrazole rings is 1. The second-order valence-corrected chi connectivity index (χ2v) is 7.97. The van der Waals surface area contributed by atoms with Crippen molar-refractivity contribution in [3.05, 3.63) is 82.5 Å². The van der Waals surface area contributed by atoms with E-state index >= 15 is 0 Å². The maximum Gasteiger partial charge on any atom is 0.339 e. The summed E-state index contributed by atoms with van der Waals surface area (Å²) in [5.74, 6) is -1.55. The highest BCUT2D eigenvalue weighted by molar-refractivity contribution is 7.14. The fraction of sp³-hybridized carbons (Fsp3) is 0.0952. The van der Waals surface area contributed by atoms with Gasteiger partial charge < -0.3 is 10.4 Å². The molecule has 0 saturated heterocycles. The third-order valence-corrected chi connectivity index (χ3v) is 5.91. The second-order valence-electron chi connectivity index (χ2n) is 6.65. The zero-order chi connectivity index (χ0) is 21.8. The Morgan fingerprint density at radius 3 is 2.52 bits per heavy atom. The smallest absolute Gasteiger partial charge is 0.339 e. The number of carbonyl (C=O) groups excluding carboxylic acids is 1. The van der Waals surface area contributed by atoms with Crippen LogP contribution in [-0.4, -0.2) is 37.2 Å². The highest BCUT2D eigenvalue weighted by atomic mass is 35.5. The van der Waals surface area contributed by atoms with E-state index in [1.807, 2.05) is 30.3 Å². The molecule has 1 unspecified atom stereocenters. The number of carboxylic acids is 1. The third-order valence-electron chi connectivity index (χ3n) is 4.63. The molecule has 0 aliphatic heterocycles. The van der Waals surface area contributed by atoms with Gasteiger partial charge in [0.2, 0.25) is 5.91 Å². The Kier molecular flexibility index (Phi) is 6.06. The number of halogens is 1. The topological polar surface area (TPSA) is 110 Å². The zero-order valence-corrected chi connectivity index (χ0v) is 17.5. The average molecular weight is 454 g/mol. The van der Waals surface area contributed by atoms with Crippen LogP contribution < -0.4 is 5.32 Å². The standard InChI is InChI=1S/C21H16ClN5O3S/c22-15-8-6-14(7-9-15)19-18(21(29)30)16(11-31-19)24-20(28)17(27-12-23-25-26-27)10-13-4-2-1-3-5-13/h1-9,11-12,17H,10H2,(H,24,28)(H,29,30). The van der Waals surface area contributed by atoms with Crippen LogP contribution in [0.4, 0.5) is 5.69 Å². The van der Waals surface area contributed by atoms with Crippen LogP contribution in [0.5, 0.6) is 0 Å². The molecule has 4 aromatic rings. The number of anilines is 1. The van der Waals surface area contributed by atoms with E-state index < -0.39 is 17.9 Å². The number of nitrogens with zero attached hydrogens (tertiary/aromatic N) is 4.